The first-order valence-corrected chi connectivity index (χ1v) is 8.27. The average Bonchev–Trinajstić information content (AvgIpc) is 2.91. The third kappa shape index (κ3) is 3.68. The molecule has 1 aliphatic carbocycles. The van der Waals surface area contributed by atoms with Crippen LogP contribution < -0.4 is 11.5 Å². The van der Waals surface area contributed by atoms with Gasteiger partial charge in [-0.25, -0.2) is 4.99 Å². The van der Waals surface area contributed by atoms with Crippen molar-refractivity contribution in [1.82, 2.24) is 5.06 Å². The van der Waals surface area contributed by atoms with Gasteiger partial charge in [0.1, 0.15) is 0 Å². The molecule has 1 heterocycles. The van der Waals surface area contributed by atoms with E-state index < -0.39 is 5.66 Å². The molecule has 0 saturated heterocycles. The third-order valence-electron chi connectivity index (χ3n) is 4.20. The van der Waals surface area contributed by atoms with Crippen LogP contribution in [0.4, 0.5) is 0 Å². The fraction of sp³-hybridized carbons (Fsp3) is 0.529. The number of ether oxygens (including phenoxy) is 1. The lowest BCUT2D eigenvalue weighted by molar-refractivity contribution is -0.160. The van der Waals surface area contributed by atoms with E-state index in [1.165, 1.54) is 16.2 Å². The molecule has 0 atom stereocenters. The first-order chi connectivity index (χ1) is 11.5. The highest BCUT2D eigenvalue weighted by molar-refractivity contribution is 5.95. The van der Waals surface area contributed by atoms with Crippen LogP contribution in [0.25, 0.3) is 0 Å². The van der Waals surface area contributed by atoms with Crippen molar-refractivity contribution in [2.75, 3.05) is 13.2 Å². The first-order valence-electron chi connectivity index (χ1n) is 8.27. The van der Waals surface area contributed by atoms with Crippen LogP contribution in [-0.2, 0) is 22.4 Å². The molecule has 0 spiro atoms. The minimum atomic E-state index is -0.663. The van der Waals surface area contributed by atoms with E-state index in [0.29, 0.717) is 13.2 Å². The second-order valence-electron chi connectivity index (χ2n) is 6.59. The highest BCUT2D eigenvalue weighted by atomic mass is 16.7. The Labute approximate surface area is 142 Å². The van der Waals surface area contributed by atoms with Crippen molar-refractivity contribution in [2.24, 2.45) is 21.5 Å². The summed E-state index contributed by atoms with van der Waals surface area (Å²) in [6.45, 7) is 4.87. The normalized spacial score (nSPS) is 19.8. The molecular formula is C17H25N5O2. The molecule has 1 aromatic carbocycles. The van der Waals surface area contributed by atoms with Crippen molar-refractivity contribution in [2.45, 2.75) is 44.9 Å². The van der Waals surface area contributed by atoms with Crippen LogP contribution in [0.5, 0.6) is 0 Å². The van der Waals surface area contributed by atoms with Gasteiger partial charge in [-0.1, -0.05) is 24.3 Å². The fourth-order valence-corrected chi connectivity index (χ4v) is 3.12. The summed E-state index contributed by atoms with van der Waals surface area (Å²) in [5, 5.41) is 1.49. The number of guanidine groups is 2. The standard InChI is InChI=1S/C17H25N5O2/c1-17(2)21-15(18)20-16(19)22(17)24-9-5-8-23-14-10-12-6-3-4-7-13(12)11-14/h3-4,6-7,14H,5,8-11H2,1-2H3,(H4,18,19,20,21). The second-order valence-corrected chi connectivity index (χ2v) is 6.59. The molecule has 7 heteroatoms. The fourth-order valence-electron chi connectivity index (χ4n) is 3.12. The smallest absolute Gasteiger partial charge is 0.226 e. The highest BCUT2D eigenvalue weighted by Crippen LogP contribution is 2.24. The van der Waals surface area contributed by atoms with Crippen LogP contribution in [0, 0.1) is 0 Å². The first kappa shape index (κ1) is 16.7. The van der Waals surface area contributed by atoms with E-state index in [9.17, 15) is 0 Å². The Morgan fingerprint density at radius 2 is 1.83 bits per heavy atom. The van der Waals surface area contributed by atoms with Gasteiger partial charge in [0, 0.05) is 6.61 Å². The van der Waals surface area contributed by atoms with Gasteiger partial charge < -0.3 is 16.2 Å². The molecule has 2 aliphatic rings. The molecule has 130 valence electrons. The molecule has 1 aromatic rings. The predicted octanol–water partition coefficient (Wildman–Crippen LogP) is 1.17. The van der Waals surface area contributed by atoms with Gasteiger partial charge in [0.2, 0.25) is 11.9 Å². The molecule has 7 nitrogen and oxygen atoms in total. The summed E-state index contributed by atoms with van der Waals surface area (Å²) >= 11 is 0. The number of nitrogens with two attached hydrogens (primary N) is 2. The molecule has 0 bridgehead atoms. The van der Waals surface area contributed by atoms with Crippen molar-refractivity contribution < 1.29 is 9.57 Å². The number of benzene rings is 1. The summed E-state index contributed by atoms with van der Waals surface area (Å²) in [6.07, 6.45) is 3.02. The summed E-state index contributed by atoms with van der Waals surface area (Å²) in [7, 11) is 0. The largest absolute Gasteiger partial charge is 0.377 e. The van der Waals surface area contributed by atoms with Gasteiger partial charge in [-0.2, -0.15) is 10.1 Å². The van der Waals surface area contributed by atoms with Crippen LogP contribution in [-0.4, -0.2) is 42.0 Å². The second kappa shape index (κ2) is 6.78. The monoisotopic (exact) mass is 331 g/mol. The number of aliphatic imine (C=N–C) groups is 2. The van der Waals surface area contributed by atoms with Crippen LogP contribution in [0.1, 0.15) is 31.4 Å². The number of nitrogens with zero attached hydrogens (tertiary/aromatic N) is 3. The average molecular weight is 331 g/mol. The summed E-state index contributed by atoms with van der Waals surface area (Å²) < 4.78 is 5.96. The Balaban J connectivity index is 1.39. The van der Waals surface area contributed by atoms with Gasteiger partial charge in [-0.3, -0.25) is 4.84 Å². The third-order valence-corrected chi connectivity index (χ3v) is 4.20. The predicted molar refractivity (Wildman–Crippen MR) is 93.3 cm³/mol. The number of hydrogen-bond donors (Lipinski definition) is 2. The number of hydroxylamine groups is 2. The molecule has 0 aromatic heterocycles. The Morgan fingerprint density at radius 1 is 1.17 bits per heavy atom. The molecule has 0 fully saturated rings. The van der Waals surface area contributed by atoms with Crippen molar-refractivity contribution >= 4 is 11.9 Å². The van der Waals surface area contributed by atoms with E-state index in [2.05, 4.69) is 34.3 Å². The topological polar surface area (TPSA) is 98.5 Å². The maximum Gasteiger partial charge on any atom is 0.226 e. The van der Waals surface area contributed by atoms with Gasteiger partial charge in [0.25, 0.3) is 0 Å². The molecule has 4 N–H and O–H groups in total. The lowest BCUT2D eigenvalue weighted by Gasteiger charge is -2.36. The SMILES string of the molecule is CC1(C)N=C(N)N=C(N)N1OCCCOC1Cc2ccccc2C1. The van der Waals surface area contributed by atoms with Gasteiger partial charge in [-0.05, 0) is 44.2 Å². The molecule has 3 rings (SSSR count). The minimum Gasteiger partial charge on any atom is -0.377 e. The zero-order chi connectivity index (χ0) is 17.2. The number of fused-ring (bicyclic) bond motifs is 1. The van der Waals surface area contributed by atoms with Crippen molar-refractivity contribution in [1.29, 1.82) is 0 Å². The maximum absolute atomic E-state index is 5.96. The van der Waals surface area contributed by atoms with Gasteiger partial charge >= 0.3 is 0 Å². The Morgan fingerprint density at radius 3 is 2.46 bits per heavy atom. The zero-order valence-corrected chi connectivity index (χ0v) is 14.2. The van der Waals surface area contributed by atoms with E-state index in [1.54, 1.807) is 0 Å². The van der Waals surface area contributed by atoms with Crippen LogP contribution in [0.15, 0.2) is 34.3 Å². The van der Waals surface area contributed by atoms with Crippen molar-refractivity contribution in [3.8, 4) is 0 Å². The van der Waals surface area contributed by atoms with Crippen LogP contribution in [0.2, 0.25) is 0 Å². The molecule has 0 radical (unpaired) electrons. The van der Waals surface area contributed by atoms with Crippen LogP contribution >= 0.6 is 0 Å². The van der Waals surface area contributed by atoms with E-state index in [0.717, 1.165) is 19.3 Å². The van der Waals surface area contributed by atoms with Gasteiger partial charge in [0.05, 0.1) is 12.7 Å². The van der Waals surface area contributed by atoms with E-state index in [1.807, 2.05) is 13.8 Å². The van der Waals surface area contributed by atoms with Crippen molar-refractivity contribution in [3.63, 3.8) is 0 Å². The minimum absolute atomic E-state index is 0.168. The van der Waals surface area contributed by atoms with Gasteiger partial charge in [0.15, 0.2) is 5.66 Å². The molecule has 24 heavy (non-hydrogen) atoms. The van der Waals surface area contributed by atoms with Crippen LogP contribution in [0.3, 0.4) is 0 Å². The number of rotatable bonds is 6. The summed E-state index contributed by atoms with van der Waals surface area (Å²) in [5.41, 5.74) is 13.6. The molecule has 0 amide bonds. The summed E-state index contributed by atoms with van der Waals surface area (Å²) in [4.78, 5) is 13.9. The van der Waals surface area contributed by atoms with Gasteiger partial charge in [-0.15, -0.1) is 0 Å². The summed E-state index contributed by atoms with van der Waals surface area (Å²) in [6, 6.07) is 8.51. The molecule has 0 unspecified atom stereocenters. The zero-order valence-electron chi connectivity index (χ0n) is 14.2. The summed E-state index contributed by atoms with van der Waals surface area (Å²) in [5.74, 6) is 0.390. The maximum atomic E-state index is 5.96. The lowest BCUT2D eigenvalue weighted by Crippen LogP contribution is -2.53. The molecule has 0 saturated carbocycles. The van der Waals surface area contributed by atoms with E-state index in [-0.39, 0.29) is 18.0 Å². The molecule has 1 aliphatic heterocycles. The molecular weight excluding hydrogens is 306 g/mol. The lowest BCUT2D eigenvalue weighted by atomic mass is 10.1. The van der Waals surface area contributed by atoms with E-state index in [4.69, 9.17) is 21.0 Å². The number of hydrogen-bond acceptors (Lipinski definition) is 7. The quantitative estimate of drug-likeness (QED) is 0.763. The Kier molecular flexibility index (Phi) is 4.73. The highest BCUT2D eigenvalue weighted by Gasteiger charge is 2.33. The van der Waals surface area contributed by atoms with E-state index >= 15 is 0 Å². The van der Waals surface area contributed by atoms with Crippen molar-refractivity contribution in [3.05, 3.63) is 35.4 Å². The Hall–Kier alpha value is -2.12. The Bertz CT molecular complexity index is 631.